The predicted octanol–water partition coefficient (Wildman–Crippen LogP) is 3.09. The van der Waals surface area contributed by atoms with Crippen molar-refractivity contribution in [2.45, 2.75) is 39.0 Å². The van der Waals surface area contributed by atoms with E-state index in [2.05, 4.69) is 18.3 Å². The number of carbonyl (C=O) groups excluding carboxylic acids is 1. The van der Waals surface area contributed by atoms with Gasteiger partial charge in [-0.25, -0.2) is 0 Å². The lowest BCUT2D eigenvalue weighted by Gasteiger charge is -2.09. The monoisotopic (exact) mass is 260 g/mol. The van der Waals surface area contributed by atoms with Crippen LogP contribution < -0.4 is 5.32 Å². The molecule has 2 aliphatic carbocycles. The Hall–Kier alpha value is -1.34. The molecule has 18 heavy (non-hydrogen) atoms. The van der Waals surface area contributed by atoms with Gasteiger partial charge in [0.15, 0.2) is 0 Å². The number of hydrogen-bond donors (Lipinski definition) is 1. The molecule has 0 saturated heterocycles. The third-order valence-corrected chi connectivity index (χ3v) is 5.17. The largest absolute Gasteiger partial charge is 0.316 e. The smallest absolute Gasteiger partial charge is 0.228 e. The van der Waals surface area contributed by atoms with Crippen molar-refractivity contribution in [3.8, 4) is 6.07 Å². The topological polar surface area (TPSA) is 52.9 Å². The lowest BCUT2D eigenvalue weighted by Crippen LogP contribution is -2.14. The van der Waals surface area contributed by atoms with Crippen LogP contribution in [0.25, 0.3) is 0 Å². The fraction of sp³-hybridized carbons (Fsp3) is 0.571. The van der Waals surface area contributed by atoms with Crippen molar-refractivity contribution < 1.29 is 4.79 Å². The molecule has 1 fully saturated rings. The Bertz CT molecular complexity index is 541. The molecule has 3 nitrogen and oxygen atoms in total. The number of nitriles is 1. The van der Waals surface area contributed by atoms with Crippen LogP contribution in [0.3, 0.4) is 0 Å². The fourth-order valence-corrected chi connectivity index (χ4v) is 3.91. The van der Waals surface area contributed by atoms with E-state index < -0.39 is 0 Å². The zero-order valence-electron chi connectivity index (χ0n) is 10.5. The van der Waals surface area contributed by atoms with Crippen molar-refractivity contribution in [1.82, 2.24) is 0 Å². The Kier molecular flexibility index (Phi) is 2.87. The fourth-order valence-electron chi connectivity index (χ4n) is 2.66. The summed E-state index contributed by atoms with van der Waals surface area (Å²) in [4.78, 5) is 13.3. The van der Waals surface area contributed by atoms with Crippen LogP contribution >= 0.6 is 11.3 Å². The number of carbonyl (C=O) groups is 1. The number of hydrogen-bond acceptors (Lipinski definition) is 3. The van der Waals surface area contributed by atoms with Crippen LogP contribution in [-0.4, -0.2) is 5.91 Å². The summed E-state index contributed by atoms with van der Waals surface area (Å²) in [5, 5.41) is 13.0. The molecule has 1 saturated carbocycles. The molecular weight excluding hydrogens is 244 g/mol. The Labute approximate surface area is 111 Å². The van der Waals surface area contributed by atoms with Crippen molar-refractivity contribution in [2.24, 2.45) is 11.8 Å². The van der Waals surface area contributed by atoms with E-state index in [4.69, 9.17) is 0 Å². The summed E-state index contributed by atoms with van der Waals surface area (Å²) in [7, 11) is 0. The maximum atomic E-state index is 12.0. The van der Waals surface area contributed by atoms with E-state index in [0.717, 1.165) is 36.2 Å². The molecule has 2 aliphatic rings. The average Bonchev–Trinajstić information content (AvgIpc) is 3.00. The summed E-state index contributed by atoms with van der Waals surface area (Å²) in [5.74, 6) is 0.762. The maximum Gasteiger partial charge on any atom is 0.228 e. The number of fused-ring (bicyclic) bond motifs is 1. The molecule has 1 amide bonds. The van der Waals surface area contributed by atoms with Gasteiger partial charge in [0.05, 0.1) is 5.56 Å². The summed E-state index contributed by atoms with van der Waals surface area (Å²) < 4.78 is 0. The van der Waals surface area contributed by atoms with Gasteiger partial charge in [0.1, 0.15) is 11.1 Å². The Morgan fingerprint density at radius 3 is 2.83 bits per heavy atom. The first kappa shape index (κ1) is 11.7. The standard InChI is InChI=1S/C14H16N2OS/c1-8-6-10(8)13(17)16-14-11(7-15)9-4-2-3-5-12(9)18-14/h8,10H,2-6H2,1H3,(H,16,17). The molecular formula is C14H16N2OS. The first-order valence-electron chi connectivity index (χ1n) is 6.56. The number of thiophene rings is 1. The van der Waals surface area contributed by atoms with Gasteiger partial charge in [0, 0.05) is 10.8 Å². The molecule has 0 spiro atoms. The number of aryl methyl sites for hydroxylation is 1. The highest BCUT2D eigenvalue weighted by Crippen LogP contribution is 2.41. The molecule has 1 N–H and O–H groups in total. The lowest BCUT2D eigenvalue weighted by molar-refractivity contribution is -0.117. The van der Waals surface area contributed by atoms with Gasteiger partial charge >= 0.3 is 0 Å². The minimum absolute atomic E-state index is 0.0950. The number of nitrogens with zero attached hydrogens (tertiary/aromatic N) is 1. The van der Waals surface area contributed by atoms with Gasteiger partial charge in [0.25, 0.3) is 0 Å². The minimum atomic E-state index is 0.0950. The van der Waals surface area contributed by atoms with Crippen molar-refractivity contribution in [1.29, 1.82) is 5.26 Å². The van der Waals surface area contributed by atoms with Crippen LogP contribution in [0.4, 0.5) is 5.00 Å². The van der Waals surface area contributed by atoms with E-state index in [9.17, 15) is 10.1 Å². The van der Waals surface area contributed by atoms with Gasteiger partial charge in [-0.05, 0) is 43.6 Å². The highest BCUT2D eigenvalue weighted by Gasteiger charge is 2.39. The third-order valence-electron chi connectivity index (χ3n) is 3.97. The summed E-state index contributed by atoms with van der Waals surface area (Å²) in [6.45, 7) is 2.09. The van der Waals surface area contributed by atoms with Crippen LogP contribution in [0.5, 0.6) is 0 Å². The second-order valence-electron chi connectivity index (χ2n) is 5.34. The zero-order chi connectivity index (χ0) is 12.7. The highest BCUT2D eigenvalue weighted by atomic mass is 32.1. The minimum Gasteiger partial charge on any atom is -0.316 e. The molecule has 0 aliphatic heterocycles. The SMILES string of the molecule is CC1CC1C(=O)Nc1sc2c(c1C#N)CCCC2. The molecule has 94 valence electrons. The van der Waals surface area contributed by atoms with E-state index >= 15 is 0 Å². The first-order chi connectivity index (χ1) is 8.70. The van der Waals surface area contributed by atoms with Crippen molar-refractivity contribution in [2.75, 3.05) is 5.32 Å². The number of rotatable bonds is 2. The van der Waals surface area contributed by atoms with E-state index in [-0.39, 0.29) is 11.8 Å². The Morgan fingerprint density at radius 1 is 1.44 bits per heavy atom. The van der Waals surface area contributed by atoms with Crippen molar-refractivity contribution >= 4 is 22.2 Å². The second-order valence-corrected chi connectivity index (χ2v) is 6.44. The Balaban J connectivity index is 1.85. The molecule has 1 aromatic rings. The zero-order valence-corrected chi connectivity index (χ0v) is 11.3. The number of nitrogens with one attached hydrogen (secondary N) is 1. The quantitative estimate of drug-likeness (QED) is 0.888. The van der Waals surface area contributed by atoms with Crippen molar-refractivity contribution in [3.05, 3.63) is 16.0 Å². The number of anilines is 1. The predicted molar refractivity (Wildman–Crippen MR) is 71.6 cm³/mol. The summed E-state index contributed by atoms with van der Waals surface area (Å²) in [5.41, 5.74) is 1.91. The molecule has 3 rings (SSSR count). The van der Waals surface area contributed by atoms with Gasteiger partial charge in [-0.3, -0.25) is 4.79 Å². The van der Waals surface area contributed by atoms with E-state index in [1.165, 1.54) is 16.9 Å². The van der Waals surface area contributed by atoms with Gasteiger partial charge in [-0.15, -0.1) is 11.3 Å². The highest BCUT2D eigenvalue weighted by molar-refractivity contribution is 7.16. The Morgan fingerprint density at radius 2 is 2.17 bits per heavy atom. The molecule has 1 heterocycles. The van der Waals surface area contributed by atoms with Crippen LogP contribution in [0, 0.1) is 23.2 Å². The molecule has 2 unspecified atom stereocenters. The van der Waals surface area contributed by atoms with E-state index in [1.54, 1.807) is 11.3 Å². The van der Waals surface area contributed by atoms with Gasteiger partial charge in [-0.2, -0.15) is 5.26 Å². The first-order valence-corrected chi connectivity index (χ1v) is 7.38. The van der Waals surface area contributed by atoms with Gasteiger partial charge in [-0.1, -0.05) is 6.92 Å². The van der Waals surface area contributed by atoms with Crippen LogP contribution in [0.2, 0.25) is 0 Å². The second kappa shape index (κ2) is 4.40. The molecule has 0 bridgehead atoms. The summed E-state index contributed by atoms with van der Waals surface area (Å²) in [6, 6.07) is 2.28. The van der Waals surface area contributed by atoms with Crippen LogP contribution in [0.15, 0.2) is 0 Å². The molecule has 2 atom stereocenters. The maximum absolute atomic E-state index is 12.0. The third kappa shape index (κ3) is 1.93. The summed E-state index contributed by atoms with van der Waals surface area (Å²) >= 11 is 1.61. The van der Waals surface area contributed by atoms with Crippen molar-refractivity contribution in [3.63, 3.8) is 0 Å². The lowest BCUT2D eigenvalue weighted by atomic mass is 9.96. The van der Waals surface area contributed by atoms with Gasteiger partial charge in [0.2, 0.25) is 5.91 Å². The van der Waals surface area contributed by atoms with E-state index in [0.29, 0.717) is 5.92 Å². The normalized spacial score (nSPS) is 25.1. The average molecular weight is 260 g/mol. The van der Waals surface area contributed by atoms with E-state index in [1.807, 2.05) is 0 Å². The molecule has 0 radical (unpaired) electrons. The number of amides is 1. The molecule has 1 aromatic heterocycles. The molecule has 0 aromatic carbocycles. The van der Waals surface area contributed by atoms with Crippen LogP contribution in [-0.2, 0) is 17.6 Å². The van der Waals surface area contributed by atoms with Gasteiger partial charge < -0.3 is 5.32 Å². The molecule has 4 heteroatoms. The summed E-state index contributed by atoms with van der Waals surface area (Å²) in [6.07, 6.45) is 5.39. The van der Waals surface area contributed by atoms with Crippen LogP contribution in [0.1, 0.15) is 42.2 Å².